The molecule has 1 aliphatic rings. The van der Waals surface area contributed by atoms with E-state index in [2.05, 4.69) is 51.0 Å². The molecule has 0 aromatic heterocycles. The van der Waals surface area contributed by atoms with Crippen molar-refractivity contribution in [3.05, 3.63) is 107 Å². The summed E-state index contributed by atoms with van der Waals surface area (Å²) >= 11 is 10.5. The zero-order valence-electron chi connectivity index (χ0n) is 29.7. The van der Waals surface area contributed by atoms with Crippen molar-refractivity contribution >= 4 is 69.6 Å². The number of carbonyl (C=O) groups excluding carboxylic acids is 2. The number of nitrogens with zero attached hydrogens (tertiary/aromatic N) is 2. The number of nitrogens with one attached hydrogen (secondary N) is 6. The molecular formula is C40H40N8O4S2. The van der Waals surface area contributed by atoms with Crippen LogP contribution in [0.1, 0.15) is 47.9 Å². The first kappa shape index (κ1) is 39.0. The Kier molecular flexibility index (Phi) is 14.1. The van der Waals surface area contributed by atoms with Crippen molar-refractivity contribution in [1.82, 2.24) is 10.6 Å². The van der Waals surface area contributed by atoms with Crippen LogP contribution in [-0.4, -0.2) is 48.7 Å². The molecule has 0 heterocycles. The minimum absolute atomic E-state index is 0.0554. The minimum atomic E-state index is -0.320. The standard InChI is InChI=1S/C40H40N8O4S2/c1-26-35-24-31(45-37(49)43-20-2-22-51-39(53)47-29-8-4-27(5-9-29)16-18-41)12-14-33(35)34-15-13-32(25-36(26)34)46-38(50)44-21-3-23-52-40(54)48-30-10-6-28(7-11-30)17-19-42/h4-15,24-26H,2-3,16-17,20-23H2,1H3,(H,47,53)(H,48,54)(H2,43,45,49)(H2,44,46,50). The van der Waals surface area contributed by atoms with Gasteiger partial charge >= 0.3 is 12.1 Å². The largest absolute Gasteiger partial charge is 0.471 e. The first-order chi connectivity index (χ1) is 26.2. The van der Waals surface area contributed by atoms with Crippen molar-refractivity contribution in [1.29, 1.82) is 10.5 Å². The molecule has 0 saturated heterocycles. The molecule has 5 rings (SSSR count). The number of thiocarbonyl (C=S) groups is 2. The topological polar surface area (TPSA) is 172 Å². The summed E-state index contributed by atoms with van der Waals surface area (Å²) in [6.45, 7) is 3.56. The average Bonchev–Trinajstić information content (AvgIpc) is 3.43. The lowest BCUT2D eigenvalue weighted by Gasteiger charge is -2.12. The van der Waals surface area contributed by atoms with Gasteiger partial charge in [0.2, 0.25) is 0 Å². The van der Waals surface area contributed by atoms with E-state index in [0.29, 0.717) is 63.4 Å². The van der Waals surface area contributed by atoms with Crippen LogP contribution in [0.2, 0.25) is 0 Å². The summed E-state index contributed by atoms with van der Waals surface area (Å²) in [4.78, 5) is 25.2. The molecule has 6 N–H and O–H groups in total. The molecule has 4 aromatic carbocycles. The number of benzene rings is 4. The van der Waals surface area contributed by atoms with Gasteiger partial charge < -0.3 is 41.4 Å². The second-order valence-electron chi connectivity index (χ2n) is 12.4. The van der Waals surface area contributed by atoms with E-state index < -0.39 is 0 Å². The second kappa shape index (κ2) is 19.6. The maximum Gasteiger partial charge on any atom is 0.319 e. The highest BCUT2D eigenvalue weighted by Gasteiger charge is 2.26. The van der Waals surface area contributed by atoms with Crippen molar-refractivity contribution in [3.63, 3.8) is 0 Å². The second-order valence-corrected chi connectivity index (χ2v) is 13.1. The quantitative estimate of drug-likeness (QED) is 0.0550. The number of hydrogen-bond donors (Lipinski definition) is 6. The molecule has 0 aliphatic heterocycles. The third-order valence-electron chi connectivity index (χ3n) is 8.49. The van der Waals surface area contributed by atoms with Gasteiger partial charge in [-0.15, -0.1) is 0 Å². The van der Waals surface area contributed by atoms with E-state index in [4.69, 9.17) is 44.4 Å². The number of ether oxygens (including phenoxy) is 2. The SMILES string of the molecule is CC1c2cc(NC(=O)NCCCOC(=S)Nc3ccc(CC#N)cc3)ccc2-c2ccc(NC(=O)NCCCOC(=S)Nc3ccc(CC#N)cc3)cc21. The number of urea groups is 2. The summed E-state index contributed by atoms with van der Waals surface area (Å²) in [5.41, 5.74) is 9.09. The first-order valence-corrected chi connectivity index (χ1v) is 18.2. The van der Waals surface area contributed by atoms with E-state index in [1.54, 1.807) is 0 Å². The molecule has 0 saturated carbocycles. The van der Waals surface area contributed by atoms with Crippen LogP contribution in [0.25, 0.3) is 11.1 Å². The molecule has 4 amide bonds. The summed E-state index contributed by atoms with van der Waals surface area (Å²) in [6, 6.07) is 30.1. The van der Waals surface area contributed by atoms with Crippen LogP contribution >= 0.6 is 24.4 Å². The van der Waals surface area contributed by atoms with Crippen molar-refractivity contribution in [2.45, 2.75) is 38.5 Å². The third-order valence-corrected chi connectivity index (χ3v) is 8.93. The lowest BCUT2D eigenvalue weighted by atomic mass is 9.98. The molecule has 0 bridgehead atoms. The number of carbonyl (C=O) groups is 2. The van der Waals surface area contributed by atoms with Crippen molar-refractivity contribution in [3.8, 4) is 23.3 Å². The van der Waals surface area contributed by atoms with Crippen LogP contribution in [0.4, 0.5) is 32.3 Å². The Balaban J connectivity index is 0.985. The number of nitriles is 2. The zero-order chi connectivity index (χ0) is 38.3. The van der Waals surface area contributed by atoms with Crippen LogP contribution in [0.15, 0.2) is 84.9 Å². The van der Waals surface area contributed by atoms with Gasteiger partial charge in [0, 0.05) is 41.8 Å². The maximum atomic E-state index is 12.6. The van der Waals surface area contributed by atoms with Gasteiger partial charge in [0.1, 0.15) is 0 Å². The molecule has 276 valence electrons. The van der Waals surface area contributed by atoms with E-state index in [0.717, 1.165) is 44.8 Å². The highest BCUT2D eigenvalue weighted by atomic mass is 32.1. The van der Waals surface area contributed by atoms with Crippen LogP contribution < -0.4 is 31.9 Å². The molecule has 0 unspecified atom stereocenters. The monoisotopic (exact) mass is 760 g/mol. The number of anilines is 4. The predicted octanol–water partition coefficient (Wildman–Crippen LogP) is 7.80. The summed E-state index contributed by atoms with van der Waals surface area (Å²) in [6.07, 6.45) is 1.82. The van der Waals surface area contributed by atoms with Crippen LogP contribution in [0.5, 0.6) is 0 Å². The van der Waals surface area contributed by atoms with Gasteiger partial charge in [0.05, 0.1) is 38.2 Å². The van der Waals surface area contributed by atoms with Crippen molar-refractivity contribution in [2.75, 3.05) is 47.6 Å². The summed E-state index contributed by atoms with van der Waals surface area (Å²) in [5, 5.41) is 35.6. The van der Waals surface area contributed by atoms with E-state index >= 15 is 0 Å². The normalized spacial score (nSPS) is 11.1. The number of amides is 4. The molecule has 1 aliphatic carbocycles. The Labute approximate surface area is 325 Å². The smallest absolute Gasteiger partial charge is 0.319 e. The summed E-state index contributed by atoms with van der Waals surface area (Å²) in [5.74, 6) is 0.0554. The summed E-state index contributed by atoms with van der Waals surface area (Å²) in [7, 11) is 0. The minimum Gasteiger partial charge on any atom is -0.471 e. The summed E-state index contributed by atoms with van der Waals surface area (Å²) < 4.78 is 11.1. The van der Waals surface area contributed by atoms with Crippen LogP contribution in [-0.2, 0) is 22.3 Å². The number of fused-ring (bicyclic) bond motifs is 3. The van der Waals surface area contributed by atoms with Gasteiger partial charge in [-0.2, -0.15) is 10.5 Å². The highest BCUT2D eigenvalue weighted by molar-refractivity contribution is 7.80. The van der Waals surface area contributed by atoms with Crippen LogP contribution in [0, 0.1) is 22.7 Å². The highest BCUT2D eigenvalue weighted by Crippen LogP contribution is 2.46. The number of rotatable bonds is 14. The average molecular weight is 761 g/mol. The lowest BCUT2D eigenvalue weighted by Crippen LogP contribution is -2.30. The first-order valence-electron chi connectivity index (χ1n) is 17.4. The molecule has 0 fully saturated rings. The van der Waals surface area contributed by atoms with Crippen molar-refractivity contribution in [2.24, 2.45) is 0 Å². The lowest BCUT2D eigenvalue weighted by molar-refractivity contribution is 0.249. The number of hydrogen-bond acceptors (Lipinski definition) is 8. The van der Waals surface area contributed by atoms with Gasteiger partial charge in [-0.25, -0.2) is 9.59 Å². The molecule has 14 heteroatoms. The Bertz CT molecular complexity index is 1910. The molecule has 0 radical (unpaired) electrons. The Morgan fingerprint density at radius 1 is 0.611 bits per heavy atom. The fourth-order valence-corrected chi connectivity index (χ4v) is 6.19. The van der Waals surface area contributed by atoms with Gasteiger partial charge in [-0.05, 0) is 119 Å². The van der Waals surface area contributed by atoms with E-state index in [1.165, 1.54) is 0 Å². The van der Waals surface area contributed by atoms with Gasteiger partial charge in [0.15, 0.2) is 0 Å². The molecule has 12 nitrogen and oxygen atoms in total. The van der Waals surface area contributed by atoms with Crippen LogP contribution in [0.3, 0.4) is 0 Å². The Morgan fingerprint density at radius 2 is 1.00 bits per heavy atom. The fourth-order valence-electron chi connectivity index (χ4n) is 5.79. The van der Waals surface area contributed by atoms with Crippen molar-refractivity contribution < 1.29 is 19.1 Å². The third kappa shape index (κ3) is 11.4. The van der Waals surface area contributed by atoms with E-state index in [9.17, 15) is 9.59 Å². The fraction of sp³-hybridized carbons (Fsp3) is 0.250. The maximum absolute atomic E-state index is 12.6. The van der Waals surface area contributed by atoms with Gasteiger partial charge in [-0.3, -0.25) is 0 Å². The molecule has 0 atom stereocenters. The molecule has 54 heavy (non-hydrogen) atoms. The molecular weight excluding hydrogens is 721 g/mol. The predicted molar refractivity (Wildman–Crippen MR) is 219 cm³/mol. The Morgan fingerprint density at radius 3 is 1.39 bits per heavy atom. The van der Waals surface area contributed by atoms with E-state index in [-0.39, 0.29) is 28.3 Å². The van der Waals surface area contributed by atoms with E-state index in [1.807, 2.05) is 84.9 Å². The molecule has 4 aromatic rings. The molecule has 0 spiro atoms. The van der Waals surface area contributed by atoms with Gasteiger partial charge in [0.25, 0.3) is 10.3 Å². The Hall–Kier alpha value is -6.22. The van der Waals surface area contributed by atoms with Gasteiger partial charge in [-0.1, -0.05) is 43.3 Å². The zero-order valence-corrected chi connectivity index (χ0v) is 31.3.